The summed E-state index contributed by atoms with van der Waals surface area (Å²) in [6.45, 7) is 0.303. The van der Waals surface area contributed by atoms with Gasteiger partial charge in [-0.3, -0.25) is 9.97 Å². The number of nitrogens with zero attached hydrogens (tertiary/aromatic N) is 2. The minimum Gasteiger partial charge on any atom is -0.487 e. The molecule has 0 bridgehead atoms. The van der Waals surface area contributed by atoms with Crippen LogP contribution < -0.4 is 4.74 Å². The van der Waals surface area contributed by atoms with Crippen LogP contribution in [0.1, 0.15) is 5.56 Å². The molecule has 0 aliphatic heterocycles. The normalized spacial score (nSPS) is 10.6. The van der Waals surface area contributed by atoms with Crippen LogP contribution in [0.25, 0.3) is 11.0 Å². The second-order valence-corrected chi connectivity index (χ2v) is 4.13. The van der Waals surface area contributed by atoms with Gasteiger partial charge in [0.25, 0.3) is 0 Å². The Balaban J connectivity index is 1.78. The molecule has 0 amide bonds. The summed E-state index contributed by atoms with van der Waals surface area (Å²) in [6, 6.07) is 11.9. The number of pyridine rings is 2. The van der Waals surface area contributed by atoms with Crippen LogP contribution >= 0.6 is 0 Å². The molecule has 0 unspecified atom stereocenters. The summed E-state index contributed by atoms with van der Waals surface area (Å²) in [6.07, 6.45) is 3.35. The molecule has 0 spiro atoms. The van der Waals surface area contributed by atoms with Crippen molar-refractivity contribution in [3.63, 3.8) is 0 Å². The van der Waals surface area contributed by atoms with Gasteiger partial charge < -0.3 is 4.74 Å². The van der Waals surface area contributed by atoms with Crippen LogP contribution in [0.4, 0.5) is 4.39 Å². The Labute approximate surface area is 109 Å². The lowest BCUT2D eigenvalue weighted by Crippen LogP contribution is -1.96. The molecule has 2 heterocycles. The number of halogens is 1. The number of benzene rings is 1. The maximum Gasteiger partial charge on any atom is 0.140 e. The van der Waals surface area contributed by atoms with Crippen LogP contribution in [0.15, 0.2) is 54.9 Å². The Kier molecular flexibility index (Phi) is 3.06. The summed E-state index contributed by atoms with van der Waals surface area (Å²) in [5, 5.41) is 0. The number of hydrogen-bond acceptors (Lipinski definition) is 3. The Hall–Kier alpha value is -2.49. The fourth-order valence-corrected chi connectivity index (χ4v) is 1.81. The molecule has 4 heteroatoms. The molecule has 3 aromatic rings. The van der Waals surface area contributed by atoms with Gasteiger partial charge in [-0.15, -0.1) is 0 Å². The highest BCUT2D eigenvalue weighted by Crippen LogP contribution is 2.17. The summed E-state index contributed by atoms with van der Waals surface area (Å²) in [7, 11) is 0. The van der Waals surface area contributed by atoms with Gasteiger partial charge in [0.1, 0.15) is 18.2 Å². The summed E-state index contributed by atoms with van der Waals surface area (Å²) in [4.78, 5) is 8.46. The SMILES string of the molecule is Fc1cccc(COc2cnc3cccnc3c2)c1. The Morgan fingerprint density at radius 3 is 2.84 bits per heavy atom. The second kappa shape index (κ2) is 5.02. The van der Waals surface area contributed by atoms with Crippen LogP contribution in [-0.4, -0.2) is 9.97 Å². The van der Waals surface area contributed by atoms with Crippen molar-refractivity contribution >= 4 is 11.0 Å². The Morgan fingerprint density at radius 2 is 1.95 bits per heavy atom. The minimum atomic E-state index is -0.264. The monoisotopic (exact) mass is 254 g/mol. The second-order valence-electron chi connectivity index (χ2n) is 4.13. The fraction of sp³-hybridized carbons (Fsp3) is 0.0667. The molecule has 94 valence electrons. The zero-order valence-electron chi connectivity index (χ0n) is 10.1. The lowest BCUT2D eigenvalue weighted by atomic mass is 10.2. The van der Waals surface area contributed by atoms with Crippen molar-refractivity contribution in [2.75, 3.05) is 0 Å². The van der Waals surface area contributed by atoms with E-state index in [1.54, 1.807) is 18.5 Å². The molecule has 0 N–H and O–H groups in total. The van der Waals surface area contributed by atoms with Crippen LogP contribution in [0.3, 0.4) is 0 Å². The highest BCUT2D eigenvalue weighted by Gasteiger charge is 2.01. The van der Waals surface area contributed by atoms with Crippen LogP contribution in [0.5, 0.6) is 5.75 Å². The molecule has 0 atom stereocenters. The first-order valence-electron chi connectivity index (χ1n) is 5.89. The average molecular weight is 254 g/mol. The molecule has 3 rings (SSSR count). The van der Waals surface area contributed by atoms with Crippen molar-refractivity contribution in [1.29, 1.82) is 0 Å². The van der Waals surface area contributed by atoms with E-state index in [4.69, 9.17) is 4.74 Å². The maximum absolute atomic E-state index is 13.0. The minimum absolute atomic E-state index is 0.264. The molecular weight excluding hydrogens is 243 g/mol. The molecule has 0 saturated carbocycles. The zero-order valence-corrected chi connectivity index (χ0v) is 10.1. The number of aromatic nitrogens is 2. The van der Waals surface area contributed by atoms with Gasteiger partial charge in [0.2, 0.25) is 0 Å². The third kappa shape index (κ3) is 2.68. The summed E-state index contributed by atoms with van der Waals surface area (Å²) in [5.41, 5.74) is 2.38. The third-order valence-corrected chi connectivity index (χ3v) is 2.72. The van der Waals surface area contributed by atoms with E-state index in [9.17, 15) is 4.39 Å². The van der Waals surface area contributed by atoms with Gasteiger partial charge in [0.15, 0.2) is 0 Å². The molecule has 1 aromatic carbocycles. The third-order valence-electron chi connectivity index (χ3n) is 2.72. The standard InChI is InChI=1S/C15H11FN2O/c16-12-4-1-3-11(7-12)10-19-13-8-15-14(18-9-13)5-2-6-17-15/h1-9H,10H2. The first kappa shape index (κ1) is 11.6. The van der Waals surface area contributed by atoms with E-state index in [-0.39, 0.29) is 5.82 Å². The van der Waals surface area contributed by atoms with E-state index >= 15 is 0 Å². The number of hydrogen-bond donors (Lipinski definition) is 0. The number of rotatable bonds is 3. The van der Waals surface area contributed by atoms with Crippen molar-refractivity contribution < 1.29 is 9.13 Å². The average Bonchev–Trinajstić information content (AvgIpc) is 2.45. The van der Waals surface area contributed by atoms with Gasteiger partial charge in [0.05, 0.1) is 17.2 Å². The van der Waals surface area contributed by atoms with E-state index < -0.39 is 0 Å². The van der Waals surface area contributed by atoms with Crippen molar-refractivity contribution in [2.45, 2.75) is 6.61 Å². The Morgan fingerprint density at radius 1 is 1.00 bits per heavy atom. The van der Waals surface area contributed by atoms with Gasteiger partial charge in [-0.25, -0.2) is 4.39 Å². The lowest BCUT2D eigenvalue weighted by molar-refractivity contribution is 0.305. The highest BCUT2D eigenvalue weighted by molar-refractivity contribution is 5.74. The molecule has 2 aromatic heterocycles. The van der Waals surface area contributed by atoms with Crippen molar-refractivity contribution in [1.82, 2.24) is 9.97 Å². The molecule has 0 saturated heterocycles. The first-order valence-corrected chi connectivity index (χ1v) is 5.89. The van der Waals surface area contributed by atoms with E-state index in [1.165, 1.54) is 12.1 Å². The molecule has 0 aliphatic carbocycles. The lowest BCUT2D eigenvalue weighted by Gasteiger charge is -2.06. The summed E-state index contributed by atoms with van der Waals surface area (Å²) < 4.78 is 18.6. The van der Waals surface area contributed by atoms with E-state index in [1.807, 2.05) is 24.3 Å². The van der Waals surface area contributed by atoms with E-state index in [0.717, 1.165) is 16.6 Å². The fourth-order valence-electron chi connectivity index (χ4n) is 1.81. The summed E-state index contributed by atoms with van der Waals surface area (Å²) in [5.74, 6) is 0.356. The number of fused-ring (bicyclic) bond motifs is 1. The van der Waals surface area contributed by atoms with Gasteiger partial charge >= 0.3 is 0 Å². The zero-order chi connectivity index (χ0) is 13.1. The smallest absolute Gasteiger partial charge is 0.140 e. The van der Waals surface area contributed by atoms with Gasteiger partial charge in [-0.05, 0) is 29.8 Å². The van der Waals surface area contributed by atoms with Gasteiger partial charge in [0, 0.05) is 12.3 Å². The molecule has 19 heavy (non-hydrogen) atoms. The van der Waals surface area contributed by atoms with Crippen molar-refractivity contribution in [3.05, 3.63) is 66.2 Å². The van der Waals surface area contributed by atoms with Crippen molar-refractivity contribution in [3.8, 4) is 5.75 Å². The quantitative estimate of drug-likeness (QED) is 0.719. The molecule has 3 nitrogen and oxygen atoms in total. The largest absolute Gasteiger partial charge is 0.487 e. The molecule has 0 fully saturated rings. The molecule has 0 aliphatic rings. The molecule has 0 radical (unpaired) electrons. The van der Waals surface area contributed by atoms with Gasteiger partial charge in [-0.1, -0.05) is 12.1 Å². The topological polar surface area (TPSA) is 35.0 Å². The van der Waals surface area contributed by atoms with E-state index in [2.05, 4.69) is 9.97 Å². The predicted octanol–water partition coefficient (Wildman–Crippen LogP) is 3.35. The van der Waals surface area contributed by atoms with Crippen LogP contribution in [0, 0.1) is 5.82 Å². The number of ether oxygens (including phenoxy) is 1. The van der Waals surface area contributed by atoms with Crippen LogP contribution in [-0.2, 0) is 6.61 Å². The van der Waals surface area contributed by atoms with Crippen molar-refractivity contribution in [2.24, 2.45) is 0 Å². The maximum atomic E-state index is 13.0. The Bertz CT molecular complexity index is 715. The first-order chi connectivity index (χ1) is 9.31. The van der Waals surface area contributed by atoms with E-state index in [0.29, 0.717) is 12.4 Å². The van der Waals surface area contributed by atoms with Crippen LogP contribution in [0.2, 0.25) is 0 Å². The summed E-state index contributed by atoms with van der Waals surface area (Å²) >= 11 is 0. The predicted molar refractivity (Wildman–Crippen MR) is 70.3 cm³/mol. The van der Waals surface area contributed by atoms with Gasteiger partial charge in [-0.2, -0.15) is 0 Å². The molecular formula is C15H11FN2O. The highest BCUT2D eigenvalue weighted by atomic mass is 19.1.